The lowest BCUT2D eigenvalue weighted by atomic mass is 9.92. The number of carboxylic acid groups (broad SMARTS) is 1. The molecule has 1 saturated heterocycles. The number of aliphatic carboxylic acids is 1. The number of piperidine rings is 1. The molecular formula is C17H25N3O4. The van der Waals surface area contributed by atoms with Crippen LogP contribution in [0.25, 0.3) is 0 Å². The Balaban J connectivity index is 2.09. The molecule has 1 fully saturated rings. The van der Waals surface area contributed by atoms with Gasteiger partial charge in [0.1, 0.15) is 11.6 Å². The standard InChI is InChI=1S/C17H25N3O4/c1-17(2,3)24-16(23)11-6-8-20(13(18)9-11)14(15(21)22)12-5-4-7-19-10-12/h4-5,7,10-11,13-14H,6,8-9,18H2,1-3H3,(H,21,22)/t11-,13-,14-/m0/s1. The number of aromatic nitrogens is 1. The number of carbonyl (C=O) groups excluding carboxylic acids is 1. The Morgan fingerprint density at radius 1 is 1.46 bits per heavy atom. The van der Waals surface area contributed by atoms with Crippen LogP contribution in [-0.2, 0) is 14.3 Å². The third-order valence-electron chi connectivity index (χ3n) is 3.99. The molecule has 0 spiro atoms. The number of pyridine rings is 1. The Kier molecular flexibility index (Phi) is 5.56. The van der Waals surface area contributed by atoms with Gasteiger partial charge in [0.2, 0.25) is 0 Å². The van der Waals surface area contributed by atoms with Crippen LogP contribution >= 0.6 is 0 Å². The molecule has 24 heavy (non-hydrogen) atoms. The third-order valence-corrected chi connectivity index (χ3v) is 3.99. The van der Waals surface area contributed by atoms with Gasteiger partial charge in [0.25, 0.3) is 0 Å². The fourth-order valence-electron chi connectivity index (χ4n) is 2.95. The van der Waals surface area contributed by atoms with E-state index in [0.717, 1.165) is 0 Å². The lowest BCUT2D eigenvalue weighted by Gasteiger charge is -2.40. The van der Waals surface area contributed by atoms with Gasteiger partial charge in [0.15, 0.2) is 0 Å². The van der Waals surface area contributed by atoms with E-state index in [4.69, 9.17) is 10.5 Å². The molecule has 7 nitrogen and oxygen atoms in total. The van der Waals surface area contributed by atoms with Crippen LogP contribution in [0.3, 0.4) is 0 Å². The molecular weight excluding hydrogens is 310 g/mol. The molecule has 0 saturated carbocycles. The van der Waals surface area contributed by atoms with Crippen LogP contribution < -0.4 is 5.73 Å². The largest absolute Gasteiger partial charge is 0.480 e. The van der Waals surface area contributed by atoms with E-state index >= 15 is 0 Å². The molecule has 1 aliphatic heterocycles. The van der Waals surface area contributed by atoms with E-state index in [1.54, 1.807) is 23.2 Å². The second-order valence-corrected chi connectivity index (χ2v) is 7.09. The molecule has 132 valence electrons. The number of nitrogens with zero attached hydrogens (tertiary/aromatic N) is 2. The highest BCUT2D eigenvalue weighted by Gasteiger charge is 2.38. The number of esters is 1. The summed E-state index contributed by atoms with van der Waals surface area (Å²) in [6.07, 6.45) is 3.49. The first-order valence-electron chi connectivity index (χ1n) is 8.06. The van der Waals surface area contributed by atoms with Crippen LogP contribution in [0.1, 0.15) is 45.2 Å². The van der Waals surface area contributed by atoms with Gasteiger partial charge in [-0.25, -0.2) is 0 Å². The molecule has 2 heterocycles. The zero-order valence-corrected chi connectivity index (χ0v) is 14.3. The molecule has 2 rings (SSSR count). The lowest BCUT2D eigenvalue weighted by Crippen LogP contribution is -2.52. The van der Waals surface area contributed by atoms with Crippen molar-refractivity contribution in [3.63, 3.8) is 0 Å². The first-order valence-corrected chi connectivity index (χ1v) is 8.06. The number of carboxylic acids is 1. The van der Waals surface area contributed by atoms with E-state index in [1.807, 2.05) is 20.8 Å². The van der Waals surface area contributed by atoms with Gasteiger partial charge in [0, 0.05) is 18.9 Å². The second-order valence-electron chi connectivity index (χ2n) is 7.09. The van der Waals surface area contributed by atoms with Crippen molar-refractivity contribution in [2.24, 2.45) is 11.7 Å². The van der Waals surface area contributed by atoms with Gasteiger partial charge >= 0.3 is 11.9 Å². The Hall–Kier alpha value is -1.99. The van der Waals surface area contributed by atoms with E-state index in [0.29, 0.717) is 24.9 Å². The van der Waals surface area contributed by atoms with Gasteiger partial charge in [-0.3, -0.25) is 19.5 Å². The second kappa shape index (κ2) is 7.27. The summed E-state index contributed by atoms with van der Waals surface area (Å²) in [5.41, 5.74) is 6.22. The average Bonchev–Trinajstić information content (AvgIpc) is 2.48. The van der Waals surface area contributed by atoms with Crippen LogP contribution in [0.5, 0.6) is 0 Å². The predicted octanol–water partition coefficient (Wildman–Crippen LogP) is 1.55. The Morgan fingerprint density at radius 3 is 2.67 bits per heavy atom. The van der Waals surface area contributed by atoms with Crippen molar-refractivity contribution in [3.8, 4) is 0 Å². The number of hydrogen-bond acceptors (Lipinski definition) is 6. The summed E-state index contributed by atoms with van der Waals surface area (Å²) in [6, 6.07) is 2.55. The Morgan fingerprint density at radius 2 is 2.17 bits per heavy atom. The van der Waals surface area contributed by atoms with Crippen molar-refractivity contribution in [2.45, 2.75) is 51.4 Å². The SMILES string of the molecule is CC(C)(C)OC(=O)[C@H]1CCN([C@H](C(=O)O)c2cccnc2)[C@H](N)C1. The monoisotopic (exact) mass is 335 g/mol. The molecule has 0 radical (unpaired) electrons. The average molecular weight is 335 g/mol. The minimum absolute atomic E-state index is 0.272. The summed E-state index contributed by atoms with van der Waals surface area (Å²) in [5.74, 6) is -1.56. The summed E-state index contributed by atoms with van der Waals surface area (Å²) in [6.45, 7) is 5.88. The van der Waals surface area contributed by atoms with Crippen molar-refractivity contribution in [1.29, 1.82) is 0 Å². The van der Waals surface area contributed by atoms with Crippen molar-refractivity contribution in [2.75, 3.05) is 6.54 Å². The number of carbonyl (C=O) groups is 2. The minimum atomic E-state index is -0.978. The molecule has 1 aliphatic rings. The summed E-state index contributed by atoms with van der Waals surface area (Å²) in [4.78, 5) is 29.6. The van der Waals surface area contributed by atoms with Crippen LogP contribution in [0.15, 0.2) is 24.5 Å². The number of nitrogens with two attached hydrogens (primary N) is 1. The molecule has 3 N–H and O–H groups in total. The first-order chi connectivity index (χ1) is 11.2. The summed E-state index contributed by atoms with van der Waals surface area (Å²) in [7, 11) is 0. The number of likely N-dealkylation sites (tertiary alicyclic amines) is 1. The van der Waals surface area contributed by atoms with Crippen molar-refractivity contribution in [3.05, 3.63) is 30.1 Å². The molecule has 0 amide bonds. The van der Waals surface area contributed by atoms with Crippen molar-refractivity contribution >= 4 is 11.9 Å². The molecule has 0 aromatic carbocycles. The number of ether oxygens (including phenoxy) is 1. The van der Waals surface area contributed by atoms with E-state index in [1.165, 1.54) is 6.20 Å². The number of rotatable bonds is 4. The maximum Gasteiger partial charge on any atom is 0.325 e. The molecule has 1 aromatic heterocycles. The molecule has 0 unspecified atom stereocenters. The normalized spacial score (nSPS) is 23.5. The van der Waals surface area contributed by atoms with E-state index in [-0.39, 0.29) is 11.9 Å². The predicted molar refractivity (Wildman–Crippen MR) is 87.9 cm³/mol. The molecule has 0 bridgehead atoms. The van der Waals surface area contributed by atoms with E-state index in [2.05, 4.69) is 4.98 Å². The molecule has 7 heteroatoms. The maximum absolute atomic E-state index is 12.2. The quantitative estimate of drug-likeness (QED) is 0.804. The van der Waals surface area contributed by atoms with Crippen LogP contribution in [0.2, 0.25) is 0 Å². The minimum Gasteiger partial charge on any atom is -0.480 e. The van der Waals surface area contributed by atoms with E-state index in [9.17, 15) is 14.7 Å². The molecule has 3 atom stereocenters. The fraction of sp³-hybridized carbons (Fsp3) is 0.588. The van der Waals surface area contributed by atoms with Gasteiger partial charge in [-0.2, -0.15) is 0 Å². The topological polar surface area (TPSA) is 106 Å². The van der Waals surface area contributed by atoms with Crippen LogP contribution in [-0.4, -0.2) is 45.2 Å². The van der Waals surface area contributed by atoms with Gasteiger partial charge < -0.3 is 15.6 Å². The van der Waals surface area contributed by atoms with Gasteiger partial charge in [0.05, 0.1) is 12.1 Å². The zero-order valence-electron chi connectivity index (χ0n) is 14.3. The van der Waals surface area contributed by atoms with Crippen LogP contribution in [0.4, 0.5) is 0 Å². The fourth-order valence-corrected chi connectivity index (χ4v) is 2.95. The Labute approximate surface area is 141 Å². The highest BCUT2D eigenvalue weighted by Crippen LogP contribution is 2.30. The first kappa shape index (κ1) is 18.4. The highest BCUT2D eigenvalue weighted by molar-refractivity contribution is 5.76. The third kappa shape index (κ3) is 4.52. The summed E-state index contributed by atoms with van der Waals surface area (Å²) in [5, 5.41) is 9.61. The van der Waals surface area contributed by atoms with Crippen molar-refractivity contribution in [1.82, 2.24) is 9.88 Å². The Bertz CT molecular complexity index is 585. The molecule has 0 aliphatic carbocycles. The summed E-state index contributed by atoms with van der Waals surface area (Å²) < 4.78 is 5.41. The van der Waals surface area contributed by atoms with E-state index < -0.39 is 23.8 Å². The van der Waals surface area contributed by atoms with Crippen molar-refractivity contribution < 1.29 is 19.4 Å². The number of hydrogen-bond donors (Lipinski definition) is 2. The summed E-state index contributed by atoms with van der Waals surface area (Å²) >= 11 is 0. The smallest absolute Gasteiger partial charge is 0.325 e. The van der Waals surface area contributed by atoms with Gasteiger partial charge in [-0.05, 0) is 45.2 Å². The highest BCUT2D eigenvalue weighted by atomic mass is 16.6. The van der Waals surface area contributed by atoms with Gasteiger partial charge in [-0.1, -0.05) is 6.07 Å². The molecule has 1 aromatic rings. The zero-order chi connectivity index (χ0) is 17.9. The maximum atomic E-state index is 12.2. The lowest BCUT2D eigenvalue weighted by molar-refractivity contribution is -0.163. The van der Waals surface area contributed by atoms with Crippen LogP contribution in [0, 0.1) is 5.92 Å². The van der Waals surface area contributed by atoms with Gasteiger partial charge in [-0.15, -0.1) is 0 Å².